The van der Waals surface area contributed by atoms with Gasteiger partial charge in [0.2, 0.25) is 0 Å². The molecule has 0 aromatic heterocycles. The first-order valence-electron chi connectivity index (χ1n) is 8.35. The van der Waals surface area contributed by atoms with E-state index in [1.807, 2.05) is 19.1 Å². The van der Waals surface area contributed by atoms with E-state index in [1.54, 1.807) is 6.07 Å². The minimum absolute atomic E-state index is 0.172. The Hall–Kier alpha value is -2.52. The molecule has 0 amide bonds. The van der Waals surface area contributed by atoms with Crippen LogP contribution in [0.2, 0.25) is 0 Å². The highest BCUT2D eigenvalue weighted by Gasteiger charge is 2.12. The zero-order valence-electron chi connectivity index (χ0n) is 14.1. The lowest BCUT2D eigenvalue weighted by molar-refractivity contribution is 0.316. The number of rotatable bonds is 6. The second-order valence-electron chi connectivity index (χ2n) is 5.87. The van der Waals surface area contributed by atoms with Crippen molar-refractivity contribution >= 4 is 10.8 Å². The second kappa shape index (κ2) is 7.37. The Balaban J connectivity index is 1.78. The van der Waals surface area contributed by atoms with Crippen LogP contribution in [0, 0.1) is 0 Å². The summed E-state index contributed by atoms with van der Waals surface area (Å²) in [5.74, 6) is 0.756. The average molecular weight is 321 g/mol. The van der Waals surface area contributed by atoms with Gasteiger partial charge in [-0.2, -0.15) is 0 Å². The summed E-state index contributed by atoms with van der Waals surface area (Å²) in [5.41, 5.74) is 2.10. The Bertz CT molecular complexity index is 824. The highest BCUT2D eigenvalue weighted by atomic mass is 16.5. The molecule has 0 aliphatic rings. The van der Waals surface area contributed by atoms with E-state index >= 15 is 0 Å². The normalized spacial score (nSPS) is 12.2. The predicted molar refractivity (Wildman–Crippen MR) is 98.5 cm³/mol. The summed E-state index contributed by atoms with van der Waals surface area (Å²) < 4.78 is 5.45. The van der Waals surface area contributed by atoms with Gasteiger partial charge in [0, 0.05) is 18.2 Å². The van der Waals surface area contributed by atoms with Crippen LogP contribution < -0.4 is 10.1 Å². The first kappa shape index (κ1) is 16.3. The molecule has 1 atom stereocenters. The van der Waals surface area contributed by atoms with Crippen molar-refractivity contribution in [2.75, 3.05) is 6.61 Å². The van der Waals surface area contributed by atoms with Gasteiger partial charge < -0.3 is 15.2 Å². The molecule has 3 aromatic carbocycles. The first-order valence-corrected chi connectivity index (χ1v) is 8.35. The van der Waals surface area contributed by atoms with Crippen molar-refractivity contribution in [2.24, 2.45) is 0 Å². The van der Waals surface area contributed by atoms with E-state index < -0.39 is 0 Å². The summed E-state index contributed by atoms with van der Waals surface area (Å²) in [6, 6.07) is 20.5. The molecule has 0 heterocycles. The lowest BCUT2D eigenvalue weighted by atomic mass is 9.99. The molecular formula is C21H23NO2. The molecule has 24 heavy (non-hydrogen) atoms. The van der Waals surface area contributed by atoms with Gasteiger partial charge in [0.1, 0.15) is 0 Å². The molecule has 0 bridgehead atoms. The Morgan fingerprint density at radius 3 is 2.58 bits per heavy atom. The minimum atomic E-state index is 0.172. The molecule has 0 saturated heterocycles. The van der Waals surface area contributed by atoms with Crippen LogP contribution in [0.3, 0.4) is 0 Å². The van der Waals surface area contributed by atoms with Crippen LogP contribution in [0.4, 0.5) is 0 Å². The van der Waals surface area contributed by atoms with Crippen molar-refractivity contribution in [1.29, 1.82) is 0 Å². The SMILES string of the molecule is CCOc1cccc(CN[C@@H](C)c2cccc3ccccc23)c1O. The van der Waals surface area contributed by atoms with Gasteiger partial charge in [-0.3, -0.25) is 0 Å². The molecule has 0 radical (unpaired) electrons. The fourth-order valence-corrected chi connectivity index (χ4v) is 2.98. The van der Waals surface area contributed by atoms with Crippen LogP contribution in [0.15, 0.2) is 60.7 Å². The van der Waals surface area contributed by atoms with Gasteiger partial charge in [-0.1, -0.05) is 54.6 Å². The number of phenolic OH excluding ortho intramolecular Hbond substituents is 1. The Morgan fingerprint density at radius 2 is 1.75 bits per heavy atom. The third kappa shape index (κ3) is 3.36. The van der Waals surface area contributed by atoms with Gasteiger partial charge in [0.05, 0.1) is 6.61 Å². The first-order chi connectivity index (χ1) is 11.7. The highest BCUT2D eigenvalue weighted by molar-refractivity contribution is 5.86. The van der Waals surface area contributed by atoms with Crippen LogP contribution in [0.1, 0.15) is 31.0 Å². The maximum Gasteiger partial charge on any atom is 0.162 e. The maximum atomic E-state index is 10.3. The zero-order chi connectivity index (χ0) is 16.9. The van der Waals surface area contributed by atoms with E-state index in [9.17, 15) is 5.11 Å². The lowest BCUT2D eigenvalue weighted by Gasteiger charge is -2.18. The number of phenols is 1. The molecule has 124 valence electrons. The smallest absolute Gasteiger partial charge is 0.162 e. The molecule has 0 unspecified atom stereocenters. The lowest BCUT2D eigenvalue weighted by Crippen LogP contribution is -2.18. The molecule has 0 aliphatic heterocycles. The van der Waals surface area contributed by atoms with Gasteiger partial charge >= 0.3 is 0 Å². The van der Waals surface area contributed by atoms with E-state index in [0.717, 1.165) is 5.56 Å². The van der Waals surface area contributed by atoms with Crippen molar-refractivity contribution in [1.82, 2.24) is 5.32 Å². The number of para-hydroxylation sites is 1. The van der Waals surface area contributed by atoms with Crippen molar-refractivity contribution < 1.29 is 9.84 Å². The number of hydrogen-bond acceptors (Lipinski definition) is 3. The summed E-state index contributed by atoms with van der Waals surface area (Å²) in [6.45, 7) is 5.17. The summed E-state index contributed by atoms with van der Waals surface area (Å²) >= 11 is 0. The Kier molecular flexibility index (Phi) is 5.02. The van der Waals surface area contributed by atoms with Crippen LogP contribution in [0.5, 0.6) is 11.5 Å². The Morgan fingerprint density at radius 1 is 1.00 bits per heavy atom. The summed E-state index contributed by atoms with van der Waals surface area (Å²) in [6.07, 6.45) is 0. The summed E-state index contributed by atoms with van der Waals surface area (Å²) in [5, 5.41) is 16.3. The zero-order valence-corrected chi connectivity index (χ0v) is 14.1. The number of aromatic hydroxyl groups is 1. The van der Waals surface area contributed by atoms with Crippen LogP contribution in [-0.2, 0) is 6.54 Å². The third-order valence-corrected chi connectivity index (χ3v) is 4.27. The van der Waals surface area contributed by atoms with Gasteiger partial charge in [0.25, 0.3) is 0 Å². The number of benzene rings is 3. The number of nitrogens with one attached hydrogen (secondary N) is 1. The molecule has 3 nitrogen and oxygen atoms in total. The summed E-state index contributed by atoms with van der Waals surface area (Å²) in [4.78, 5) is 0. The standard InChI is InChI=1S/C21H23NO2/c1-3-24-20-13-7-10-17(21(20)23)14-22-15(2)18-12-6-9-16-8-4-5-11-19(16)18/h4-13,15,22-23H,3,14H2,1-2H3/t15-/m0/s1. The summed E-state index contributed by atoms with van der Waals surface area (Å²) in [7, 11) is 0. The minimum Gasteiger partial charge on any atom is -0.504 e. The van der Waals surface area contributed by atoms with Gasteiger partial charge in [-0.05, 0) is 36.2 Å². The van der Waals surface area contributed by atoms with Crippen molar-refractivity contribution in [3.8, 4) is 11.5 Å². The van der Waals surface area contributed by atoms with E-state index in [-0.39, 0.29) is 11.8 Å². The Labute approximate surface area is 142 Å². The molecule has 0 spiro atoms. The molecular weight excluding hydrogens is 298 g/mol. The fourth-order valence-electron chi connectivity index (χ4n) is 2.98. The number of ether oxygens (including phenoxy) is 1. The van der Waals surface area contributed by atoms with Crippen molar-refractivity contribution in [3.63, 3.8) is 0 Å². The van der Waals surface area contributed by atoms with Crippen LogP contribution in [0.25, 0.3) is 10.8 Å². The molecule has 0 aliphatic carbocycles. The van der Waals surface area contributed by atoms with Gasteiger partial charge in [-0.25, -0.2) is 0 Å². The van der Waals surface area contributed by atoms with E-state index in [4.69, 9.17) is 4.74 Å². The quantitative estimate of drug-likeness (QED) is 0.685. The maximum absolute atomic E-state index is 10.3. The molecule has 0 saturated carbocycles. The molecule has 3 rings (SSSR count). The van der Waals surface area contributed by atoms with Crippen molar-refractivity contribution in [2.45, 2.75) is 26.4 Å². The fraction of sp³-hybridized carbons (Fsp3) is 0.238. The second-order valence-corrected chi connectivity index (χ2v) is 5.87. The molecule has 3 heteroatoms. The van der Waals surface area contributed by atoms with Gasteiger partial charge in [-0.15, -0.1) is 0 Å². The average Bonchev–Trinajstić information content (AvgIpc) is 2.62. The van der Waals surface area contributed by atoms with Gasteiger partial charge in [0.15, 0.2) is 11.5 Å². The third-order valence-electron chi connectivity index (χ3n) is 4.27. The molecule has 2 N–H and O–H groups in total. The van der Waals surface area contributed by atoms with E-state index in [0.29, 0.717) is 18.9 Å². The van der Waals surface area contributed by atoms with Crippen molar-refractivity contribution in [3.05, 3.63) is 71.8 Å². The molecule has 0 fully saturated rings. The predicted octanol–water partition coefficient (Wildman–Crippen LogP) is 4.79. The number of hydrogen-bond donors (Lipinski definition) is 2. The monoisotopic (exact) mass is 321 g/mol. The van der Waals surface area contributed by atoms with Crippen LogP contribution >= 0.6 is 0 Å². The number of fused-ring (bicyclic) bond motifs is 1. The van der Waals surface area contributed by atoms with Crippen LogP contribution in [-0.4, -0.2) is 11.7 Å². The molecule has 3 aromatic rings. The highest BCUT2D eigenvalue weighted by Crippen LogP contribution is 2.30. The van der Waals surface area contributed by atoms with E-state index in [2.05, 4.69) is 54.7 Å². The largest absolute Gasteiger partial charge is 0.504 e. The van der Waals surface area contributed by atoms with E-state index in [1.165, 1.54) is 16.3 Å². The topological polar surface area (TPSA) is 41.5 Å².